The Morgan fingerprint density at radius 3 is 0.548 bits per heavy atom. The van der Waals surface area contributed by atoms with Crippen LogP contribution in [0.4, 0.5) is 103 Å². The molecule has 0 aromatic heterocycles. The van der Waals surface area contributed by atoms with Crippen LogP contribution in [-0.4, -0.2) is 0 Å². The Balaban J connectivity index is 1.37. The molecule has 418 valence electrons. The maximum absolute atomic E-state index is 16.0. The van der Waals surface area contributed by atoms with Crippen LogP contribution in [0, 0.1) is 102 Å². The topological polar surface area (TPSA) is 13.0 Å². The Kier molecular flexibility index (Phi) is 13.9. The first kappa shape index (κ1) is 54.9. The van der Waals surface area contributed by atoms with E-state index in [-0.39, 0.29) is 22.7 Å². The summed E-state index contributed by atoms with van der Waals surface area (Å²) < 4.78 is 128. The van der Waals surface area contributed by atoms with E-state index in [0.29, 0.717) is 77.8 Å². The third-order valence-corrected chi connectivity index (χ3v) is 15.8. The fourth-order valence-electron chi connectivity index (χ4n) is 12.5. The van der Waals surface area contributed by atoms with Gasteiger partial charge in [0, 0.05) is 56.6 Å². The van der Waals surface area contributed by atoms with Gasteiger partial charge in [-0.05, 0) is 161 Å². The van der Waals surface area contributed by atoms with Crippen molar-refractivity contribution in [2.75, 3.05) is 19.6 Å². The second-order valence-corrected chi connectivity index (χ2v) is 21.7. The van der Waals surface area contributed by atoms with Gasteiger partial charge in [0.1, 0.15) is 46.5 Å². The van der Waals surface area contributed by atoms with Crippen LogP contribution in [0.3, 0.4) is 0 Å². The normalized spacial score (nSPS) is 11.6. The Morgan fingerprint density at radius 2 is 0.381 bits per heavy atom. The third kappa shape index (κ3) is 9.54. The van der Waals surface area contributed by atoms with E-state index < -0.39 is 46.5 Å². The van der Waals surface area contributed by atoms with E-state index >= 15 is 35.1 Å². The molecule has 0 N–H and O–H groups in total. The lowest BCUT2D eigenvalue weighted by Crippen LogP contribution is -2.18. The van der Waals surface area contributed by atoms with Crippen LogP contribution in [0.15, 0.2) is 182 Å². The number of halogens is 8. The van der Waals surface area contributed by atoms with Crippen molar-refractivity contribution < 1.29 is 35.1 Å². The highest BCUT2D eigenvalue weighted by Crippen LogP contribution is 2.57. The first-order valence-corrected chi connectivity index (χ1v) is 27.3. The number of anilines is 12. The zero-order valence-electron chi connectivity index (χ0n) is 47.1. The fraction of sp³-hybridized carbons (Fsp3) is 0.111. The van der Waals surface area contributed by atoms with Crippen molar-refractivity contribution >= 4 is 101 Å². The van der Waals surface area contributed by atoms with Gasteiger partial charge in [-0.15, -0.1) is 0 Å². The lowest BCUT2D eigenvalue weighted by atomic mass is 9.88. The maximum Gasteiger partial charge on any atom is 0.128 e. The molecule has 12 aromatic carbocycles. The van der Waals surface area contributed by atoms with Crippen LogP contribution in [0.1, 0.15) is 44.5 Å². The van der Waals surface area contributed by atoms with Crippen LogP contribution in [0.5, 0.6) is 0 Å². The Hall–Kier alpha value is -9.68. The molecule has 0 radical (unpaired) electrons. The van der Waals surface area contributed by atoms with E-state index in [4.69, 9.17) is 0 Å². The van der Waals surface area contributed by atoms with Gasteiger partial charge in [0.25, 0.3) is 0 Å². The molecule has 0 saturated heterocycles. The molecule has 0 amide bonds. The molecule has 84 heavy (non-hydrogen) atoms. The van der Waals surface area contributed by atoms with E-state index in [2.05, 4.69) is 0 Å². The lowest BCUT2D eigenvalue weighted by molar-refractivity contribution is 0.583. The van der Waals surface area contributed by atoms with Crippen molar-refractivity contribution in [1.82, 2.24) is 0 Å². The molecule has 0 unspecified atom stereocenters. The van der Waals surface area contributed by atoms with E-state index in [1.54, 1.807) is 19.6 Å². The van der Waals surface area contributed by atoms with E-state index in [1.165, 1.54) is 48.5 Å². The molecule has 0 aliphatic rings. The molecule has 12 aromatic rings. The third-order valence-electron chi connectivity index (χ3n) is 15.8. The number of hydrogen-bond acceptors (Lipinski definition) is 4. The van der Waals surface area contributed by atoms with Crippen molar-refractivity contribution in [2.24, 2.45) is 0 Å². The molecule has 12 rings (SSSR count). The van der Waals surface area contributed by atoms with Crippen LogP contribution >= 0.6 is 0 Å². The summed E-state index contributed by atoms with van der Waals surface area (Å²) in [5, 5.41) is 3.25. The molecule has 12 heteroatoms. The average Bonchev–Trinajstić information content (AvgIpc) is 0.855. The fourth-order valence-corrected chi connectivity index (χ4v) is 12.5. The van der Waals surface area contributed by atoms with E-state index in [9.17, 15) is 0 Å². The van der Waals surface area contributed by atoms with Gasteiger partial charge in [0.15, 0.2) is 0 Å². The SMILES string of the molecule is Cc1cccc(C)c1N(c1cc(F)cc(F)c1)c1cc(N(c2cc(F)cc(F)c2)c2c(C)cccc2C)c2ccc3c(N(c4cc(F)cc(F)c4)c4c(C)cccc4C)cc(N(c4cc(F)cc(F)c4)c4c(C)cccc4C)c4ccc1c2c43. The zero-order valence-corrected chi connectivity index (χ0v) is 47.1. The first-order chi connectivity index (χ1) is 40.2. The molecule has 0 fully saturated rings. The highest BCUT2D eigenvalue weighted by atomic mass is 19.2. The number of nitrogens with zero attached hydrogens (tertiary/aromatic N) is 4. The Bertz CT molecular complexity index is 3900. The van der Waals surface area contributed by atoms with Crippen LogP contribution in [-0.2, 0) is 0 Å². The summed E-state index contributed by atoms with van der Waals surface area (Å²) in [6.45, 7) is 15.2. The second kappa shape index (κ2) is 21.3. The van der Waals surface area contributed by atoms with Crippen LogP contribution < -0.4 is 19.6 Å². The van der Waals surface area contributed by atoms with E-state index in [1.807, 2.05) is 165 Å². The number of hydrogen-bond donors (Lipinski definition) is 0. The molecule has 0 saturated carbocycles. The van der Waals surface area contributed by atoms with Gasteiger partial charge in [0.2, 0.25) is 0 Å². The molecular weight excluding hydrogens is 1070 g/mol. The first-order valence-electron chi connectivity index (χ1n) is 27.3. The number of aryl methyl sites for hydroxylation is 8. The Morgan fingerprint density at radius 1 is 0.214 bits per heavy atom. The van der Waals surface area contributed by atoms with E-state index in [0.717, 1.165) is 68.8 Å². The standard InChI is InChI=1S/C72H54F8N4/c1-39-13-9-14-40(2)69(39)81(55-29-47(73)25-48(74)30-55)63-37-64(82(56-31-49(75)26-50(76)32-56)70-41(3)15-10-16-42(70)4)60-23-24-62-66(84(58-35-53(79)28-54(80)36-58)72-45(7)19-12-20-46(72)8)38-65(61-22-21-59(63)67(60)68(61)62)83(57-33-51(77)27-52(78)34-57)71-43(5)17-11-18-44(71)6/h9-38H,1-8H3. The highest BCUT2D eigenvalue weighted by molar-refractivity contribution is 6.33. The highest BCUT2D eigenvalue weighted by Gasteiger charge is 2.32. The summed E-state index contributed by atoms with van der Waals surface area (Å²) in [6.07, 6.45) is 0. The van der Waals surface area contributed by atoms with Crippen molar-refractivity contribution in [3.05, 3.63) is 273 Å². The van der Waals surface area contributed by atoms with Crippen molar-refractivity contribution in [2.45, 2.75) is 55.4 Å². The molecule has 0 aliphatic heterocycles. The van der Waals surface area contributed by atoms with Crippen molar-refractivity contribution in [3.63, 3.8) is 0 Å². The molecule has 0 atom stereocenters. The summed E-state index contributed by atoms with van der Waals surface area (Å²) in [6, 6.07) is 47.2. The van der Waals surface area contributed by atoms with Crippen molar-refractivity contribution in [3.8, 4) is 0 Å². The molecule has 4 nitrogen and oxygen atoms in total. The average molecular weight is 1130 g/mol. The van der Waals surface area contributed by atoms with Gasteiger partial charge in [0.05, 0.1) is 68.2 Å². The van der Waals surface area contributed by atoms with Crippen molar-refractivity contribution in [1.29, 1.82) is 0 Å². The summed E-state index contributed by atoms with van der Waals surface area (Å²) in [5.41, 5.74) is 10.3. The number of para-hydroxylation sites is 4. The number of rotatable bonds is 12. The summed E-state index contributed by atoms with van der Waals surface area (Å²) in [4.78, 5) is 7.17. The minimum atomic E-state index is -0.846. The second-order valence-electron chi connectivity index (χ2n) is 21.7. The van der Waals surface area contributed by atoms with Crippen LogP contribution in [0.25, 0.3) is 32.3 Å². The van der Waals surface area contributed by atoms with Crippen LogP contribution in [0.2, 0.25) is 0 Å². The molecule has 0 spiro atoms. The zero-order chi connectivity index (χ0) is 59.2. The maximum atomic E-state index is 16.0. The number of benzene rings is 12. The quantitative estimate of drug-likeness (QED) is 0.0893. The monoisotopic (exact) mass is 1130 g/mol. The summed E-state index contributed by atoms with van der Waals surface area (Å²) in [7, 11) is 0. The Labute approximate surface area is 481 Å². The minimum absolute atomic E-state index is 0.117. The van der Waals surface area contributed by atoms with Gasteiger partial charge >= 0.3 is 0 Å². The molecule has 0 bridgehead atoms. The van der Waals surface area contributed by atoms with Gasteiger partial charge in [-0.2, -0.15) is 0 Å². The minimum Gasteiger partial charge on any atom is -0.309 e. The smallest absolute Gasteiger partial charge is 0.128 e. The molecule has 0 aliphatic carbocycles. The predicted molar refractivity (Wildman–Crippen MR) is 326 cm³/mol. The predicted octanol–water partition coefficient (Wildman–Crippen LogP) is 22.0. The van der Waals surface area contributed by atoms with Gasteiger partial charge in [-0.3, -0.25) is 0 Å². The summed E-state index contributed by atoms with van der Waals surface area (Å²) >= 11 is 0. The molecular formula is C72H54F8N4. The lowest BCUT2D eigenvalue weighted by Gasteiger charge is -2.36. The molecule has 0 heterocycles. The largest absolute Gasteiger partial charge is 0.309 e. The summed E-state index contributed by atoms with van der Waals surface area (Å²) in [5.74, 6) is -6.77. The van der Waals surface area contributed by atoms with Gasteiger partial charge in [-0.1, -0.05) is 97.1 Å². The van der Waals surface area contributed by atoms with Gasteiger partial charge < -0.3 is 19.6 Å². The van der Waals surface area contributed by atoms with Gasteiger partial charge in [-0.25, -0.2) is 35.1 Å².